The second-order valence-corrected chi connectivity index (χ2v) is 7.69. The highest BCUT2D eigenvalue weighted by atomic mass is 79.9. The molecule has 1 aliphatic heterocycles. The van der Waals surface area contributed by atoms with Gasteiger partial charge in [0.15, 0.2) is 0 Å². The van der Waals surface area contributed by atoms with Crippen LogP contribution in [-0.2, 0) is 16.6 Å². The van der Waals surface area contributed by atoms with E-state index >= 15 is 0 Å². The molecule has 2 heterocycles. The lowest BCUT2D eigenvalue weighted by molar-refractivity contribution is -0.125. The van der Waals surface area contributed by atoms with Crippen molar-refractivity contribution < 1.29 is 14.4 Å². The fourth-order valence-corrected chi connectivity index (χ4v) is 3.51. The van der Waals surface area contributed by atoms with E-state index in [9.17, 15) is 14.4 Å². The van der Waals surface area contributed by atoms with Crippen LogP contribution in [0.4, 0.5) is 10.6 Å². The molecule has 4 amide bonds. The van der Waals surface area contributed by atoms with Crippen LogP contribution in [0.15, 0.2) is 28.7 Å². The molecule has 9 heteroatoms. The van der Waals surface area contributed by atoms with Crippen molar-refractivity contribution in [3.8, 4) is 11.1 Å². The standard InChI is InChI=1S/C19H22BrN5O3/c1-12-17(13-6-8-14(20)9-7-13)18(24(3)22-12)21-15(26)5-4-10-25-16(27)11-23(2)19(25)28/h6-9H,4-5,10-11H2,1-3H3,(H,21,26). The third-order valence-electron chi connectivity index (χ3n) is 4.63. The molecule has 1 aromatic heterocycles. The van der Waals surface area contributed by atoms with Crippen LogP contribution in [0.5, 0.6) is 0 Å². The van der Waals surface area contributed by atoms with Gasteiger partial charge in [0.05, 0.1) is 5.69 Å². The van der Waals surface area contributed by atoms with Crippen molar-refractivity contribution in [3.63, 3.8) is 0 Å². The third kappa shape index (κ3) is 4.09. The van der Waals surface area contributed by atoms with E-state index in [1.807, 2.05) is 31.2 Å². The van der Waals surface area contributed by atoms with Gasteiger partial charge in [-0.2, -0.15) is 5.10 Å². The Morgan fingerprint density at radius 2 is 1.89 bits per heavy atom. The molecule has 0 radical (unpaired) electrons. The van der Waals surface area contributed by atoms with Gasteiger partial charge in [-0.25, -0.2) is 4.79 Å². The molecule has 0 unspecified atom stereocenters. The van der Waals surface area contributed by atoms with Gasteiger partial charge in [-0.3, -0.25) is 19.2 Å². The molecule has 1 aliphatic rings. The lowest BCUT2D eigenvalue weighted by atomic mass is 10.1. The van der Waals surface area contributed by atoms with Gasteiger partial charge in [-0.1, -0.05) is 28.1 Å². The zero-order valence-corrected chi connectivity index (χ0v) is 17.6. The summed E-state index contributed by atoms with van der Waals surface area (Å²) in [5.41, 5.74) is 2.65. The first-order chi connectivity index (χ1) is 13.3. The number of halogens is 1. The Morgan fingerprint density at radius 1 is 1.21 bits per heavy atom. The molecule has 0 atom stereocenters. The SMILES string of the molecule is Cc1nn(C)c(NC(=O)CCCN2C(=O)CN(C)C2=O)c1-c1ccc(Br)cc1. The predicted molar refractivity (Wildman–Crippen MR) is 109 cm³/mol. The number of carbonyl (C=O) groups is 3. The average Bonchev–Trinajstić information content (AvgIpc) is 3.05. The van der Waals surface area contributed by atoms with Crippen LogP contribution in [0.3, 0.4) is 0 Å². The van der Waals surface area contributed by atoms with Crippen LogP contribution in [0.1, 0.15) is 18.5 Å². The monoisotopic (exact) mass is 447 g/mol. The maximum atomic E-state index is 12.5. The fourth-order valence-electron chi connectivity index (χ4n) is 3.24. The molecule has 1 aromatic carbocycles. The highest BCUT2D eigenvalue weighted by Crippen LogP contribution is 2.32. The third-order valence-corrected chi connectivity index (χ3v) is 5.16. The van der Waals surface area contributed by atoms with Gasteiger partial charge < -0.3 is 10.2 Å². The predicted octanol–water partition coefficient (Wildman–Crippen LogP) is 2.77. The highest BCUT2D eigenvalue weighted by Gasteiger charge is 2.32. The Bertz CT molecular complexity index is 922. The first kappa shape index (κ1) is 20.1. The first-order valence-corrected chi connectivity index (χ1v) is 9.72. The molecule has 1 N–H and O–H groups in total. The quantitative estimate of drug-likeness (QED) is 0.689. The molecule has 28 heavy (non-hydrogen) atoms. The van der Waals surface area contributed by atoms with E-state index in [-0.39, 0.29) is 37.4 Å². The first-order valence-electron chi connectivity index (χ1n) is 8.92. The summed E-state index contributed by atoms with van der Waals surface area (Å²) in [6.07, 6.45) is 0.604. The summed E-state index contributed by atoms with van der Waals surface area (Å²) in [7, 11) is 3.36. The van der Waals surface area contributed by atoms with E-state index in [0.717, 1.165) is 21.3 Å². The minimum absolute atomic E-state index is 0.0931. The van der Waals surface area contributed by atoms with Crippen molar-refractivity contribution in [1.82, 2.24) is 19.6 Å². The molecule has 1 fully saturated rings. The summed E-state index contributed by atoms with van der Waals surface area (Å²) in [4.78, 5) is 38.7. The van der Waals surface area contributed by atoms with Crippen LogP contribution in [0, 0.1) is 6.92 Å². The van der Waals surface area contributed by atoms with Crippen molar-refractivity contribution >= 4 is 39.6 Å². The second kappa shape index (κ2) is 8.14. The number of nitrogens with zero attached hydrogens (tertiary/aromatic N) is 4. The van der Waals surface area contributed by atoms with Gasteiger partial charge in [0.2, 0.25) is 11.8 Å². The second-order valence-electron chi connectivity index (χ2n) is 6.78. The lowest BCUT2D eigenvalue weighted by Crippen LogP contribution is -2.33. The average molecular weight is 448 g/mol. The summed E-state index contributed by atoms with van der Waals surface area (Å²) in [6.45, 7) is 2.23. The maximum Gasteiger partial charge on any atom is 0.326 e. The van der Waals surface area contributed by atoms with E-state index in [4.69, 9.17) is 0 Å². The van der Waals surface area contributed by atoms with Crippen LogP contribution in [0.2, 0.25) is 0 Å². The molecular weight excluding hydrogens is 426 g/mol. The van der Waals surface area contributed by atoms with Crippen molar-refractivity contribution in [2.24, 2.45) is 7.05 Å². The minimum Gasteiger partial charge on any atom is -0.318 e. The molecule has 0 spiro atoms. The number of nitrogens with one attached hydrogen (secondary N) is 1. The van der Waals surface area contributed by atoms with E-state index in [1.165, 1.54) is 9.80 Å². The summed E-state index contributed by atoms with van der Waals surface area (Å²) in [5, 5.41) is 7.34. The summed E-state index contributed by atoms with van der Waals surface area (Å²) in [6, 6.07) is 7.49. The number of aromatic nitrogens is 2. The number of likely N-dealkylation sites (N-methyl/N-ethyl adjacent to an activating group) is 1. The molecular formula is C19H22BrN5O3. The lowest BCUT2D eigenvalue weighted by Gasteiger charge is -2.14. The Kier molecular flexibility index (Phi) is 5.83. The van der Waals surface area contributed by atoms with E-state index < -0.39 is 0 Å². The summed E-state index contributed by atoms with van der Waals surface area (Å²) in [5.74, 6) is 0.208. The number of aryl methyl sites for hydroxylation is 2. The Morgan fingerprint density at radius 3 is 2.50 bits per heavy atom. The molecule has 148 valence electrons. The molecule has 3 rings (SSSR count). The van der Waals surface area contributed by atoms with Crippen LogP contribution in [-0.4, -0.2) is 57.6 Å². The zero-order valence-electron chi connectivity index (χ0n) is 16.0. The van der Waals surface area contributed by atoms with Crippen molar-refractivity contribution in [3.05, 3.63) is 34.4 Å². The Hall–Kier alpha value is -2.68. The molecule has 1 saturated heterocycles. The smallest absolute Gasteiger partial charge is 0.318 e. The van der Waals surface area contributed by atoms with Crippen LogP contribution >= 0.6 is 15.9 Å². The number of urea groups is 1. The van der Waals surface area contributed by atoms with E-state index in [1.54, 1.807) is 18.8 Å². The normalized spacial score (nSPS) is 14.1. The highest BCUT2D eigenvalue weighted by molar-refractivity contribution is 9.10. The van der Waals surface area contributed by atoms with Crippen LogP contribution < -0.4 is 5.32 Å². The zero-order chi connectivity index (χ0) is 20.4. The van der Waals surface area contributed by atoms with Gasteiger partial charge in [0.25, 0.3) is 0 Å². The minimum atomic E-state index is -0.315. The molecule has 0 saturated carbocycles. The van der Waals surface area contributed by atoms with Crippen molar-refractivity contribution in [2.45, 2.75) is 19.8 Å². The molecule has 2 aromatic rings. The Balaban J connectivity index is 1.65. The number of hydrogen-bond acceptors (Lipinski definition) is 4. The van der Waals surface area contributed by atoms with Crippen molar-refractivity contribution in [1.29, 1.82) is 0 Å². The number of anilines is 1. The van der Waals surface area contributed by atoms with E-state index in [2.05, 4.69) is 26.3 Å². The molecule has 0 bridgehead atoms. The van der Waals surface area contributed by atoms with Gasteiger partial charge >= 0.3 is 6.03 Å². The molecule has 0 aliphatic carbocycles. The van der Waals surface area contributed by atoms with E-state index in [0.29, 0.717) is 12.2 Å². The van der Waals surface area contributed by atoms with Gasteiger partial charge in [-0.15, -0.1) is 0 Å². The van der Waals surface area contributed by atoms with Gasteiger partial charge in [0, 0.05) is 37.1 Å². The number of benzene rings is 1. The van der Waals surface area contributed by atoms with Gasteiger partial charge in [0.1, 0.15) is 12.4 Å². The Labute approximate surface area is 171 Å². The summed E-state index contributed by atoms with van der Waals surface area (Å²) >= 11 is 3.42. The topological polar surface area (TPSA) is 87.5 Å². The molecule has 8 nitrogen and oxygen atoms in total. The summed E-state index contributed by atoms with van der Waals surface area (Å²) < 4.78 is 2.62. The number of imide groups is 1. The number of carbonyl (C=O) groups excluding carboxylic acids is 3. The number of hydrogen-bond donors (Lipinski definition) is 1. The van der Waals surface area contributed by atoms with Gasteiger partial charge in [-0.05, 0) is 31.0 Å². The fraction of sp³-hybridized carbons (Fsp3) is 0.368. The van der Waals surface area contributed by atoms with Crippen molar-refractivity contribution in [2.75, 3.05) is 25.5 Å². The number of rotatable bonds is 6. The van der Waals surface area contributed by atoms with Crippen LogP contribution in [0.25, 0.3) is 11.1 Å². The largest absolute Gasteiger partial charge is 0.326 e. The maximum absolute atomic E-state index is 12.5. The number of amides is 4.